The summed E-state index contributed by atoms with van der Waals surface area (Å²) in [6.45, 7) is 0.808. The minimum Gasteiger partial charge on any atom is -0.398 e. The lowest BCUT2D eigenvalue weighted by atomic mass is 10.1. The Labute approximate surface area is 130 Å². The zero-order valence-corrected chi connectivity index (χ0v) is 13.3. The van der Waals surface area contributed by atoms with E-state index in [0.717, 1.165) is 19.4 Å². The lowest BCUT2D eigenvalue weighted by molar-refractivity contribution is 0.0737. The maximum atomic E-state index is 12.8. The summed E-state index contributed by atoms with van der Waals surface area (Å²) < 4.78 is 0.696. The molecular weight excluding hydrogens is 336 g/mol. The van der Waals surface area contributed by atoms with Crippen molar-refractivity contribution in [1.82, 2.24) is 4.90 Å². The topological polar surface area (TPSA) is 46.3 Å². The van der Waals surface area contributed by atoms with Crippen LogP contribution in [-0.2, 0) is 0 Å². The Kier molecular flexibility index (Phi) is 3.81. The molecule has 1 aliphatic heterocycles. The molecule has 1 aromatic carbocycles. The molecule has 0 radical (unpaired) electrons. The van der Waals surface area contributed by atoms with E-state index in [1.54, 1.807) is 17.4 Å². The van der Waals surface area contributed by atoms with Crippen LogP contribution < -0.4 is 5.73 Å². The second-order valence-corrected chi connectivity index (χ2v) is 6.65. The number of rotatable bonds is 2. The Morgan fingerprint density at radius 1 is 1.35 bits per heavy atom. The van der Waals surface area contributed by atoms with Crippen LogP contribution in [0.25, 0.3) is 0 Å². The van der Waals surface area contributed by atoms with Crippen molar-refractivity contribution in [3.63, 3.8) is 0 Å². The van der Waals surface area contributed by atoms with Crippen molar-refractivity contribution in [2.75, 3.05) is 12.3 Å². The van der Waals surface area contributed by atoms with Gasteiger partial charge in [0.1, 0.15) is 0 Å². The van der Waals surface area contributed by atoms with E-state index in [9.17, 15) is 4.79 Å². The summed E-state index contributed by atoms with van der Waals surface area (Å²) >= 11 is 5.14. The van der Waals surface area contributed by atoms with Gasteiger partial charge < -0.3 is 10.6 Å². The Hall–Kier alpha value is -1.33. The maximum Gasteiger partial charge on any atom is 0.255 e. The highest BCUT2D eigenvalue weighted by Gasteiger charge is 2.32. The first kappa shape index (κ1) is 13.6. The number of halogens is 1. The molecule has 0 bridgehead atoms. The number of hydrogen-bond donors (Lipinski definition) is 1. The summed E-state index contributed by atoms with van der Waals surface area (Å²) in [5.41, 5.74) is 7.12. The van der Waals surface area contributed by atoms with Crippen molar-refractivity contribution in [3.8, 4) is 0 Å². The molecule has 104 valence electrons. The average molecular weight is 351 g/mol. The normalized spacial score (nSPS) is 18.4. The Morgan fingerprint density at radius 2 is 2.20 bits per heavy atom. The highest BCUT2D eigenvalue weighted by atomic mass is 79.9. The van der Waals surface area contributed by atoms with Crippen molar-refractivity contribution in [2.45, 2.75) is 18.9 Å². The second kappa shape index (κ2) is 5.58. The highest BCUT2D eigenvalue weighted by molar-refractivity contribution is 9.10. The molecular formula is C15H15BrN2OS. The van der Waals surface area contributed by atoms with E-state index in [0.29, 0.717) is 15.7 Å². The third-order valence-electron chi connectivity index (χ3n) is 3.64. The van der Waals surface area contributed by atoms with Gasteiger partial charge in [0.05, 0.1) is 16.1 Å². The van der Waals surface area contributed by atoms with Crippen molar-refractivity contribution in [1.29, 1.82) is 0 Å². The van der Waals surface area contributed by atoms with Gasteiger partial charge in [-0.05, 0) is 52.4 Å². The number of carbonyl (C=O) groups excluding carboxylic acids is 1. The standard InChI is InChI=1S/C15H15BrN2OS/c16-14-10(4-1-5-11(14)17)15(19)18-8-2-6-12(18)13-7-3-9-20-13/h1,3-5,7,9,12H,2,6,8,17H2. The summed E-state index contributed by atoms with van der Waals surface area (Å²) in [6.07, 6.45) is 2.08. The maximum absolute atomic E-state index is 12.8. The molecule has 1 atom stereocenters. The van der Waals surface area contributed by atoms with E-state index in [4.69, 9.17) is 5.73 Å². The second-order valence-electron chi connectivity index (χ2n) is 4.88. The van der Waals surface area contributed by atoms with Gasteiger partial charge in [-0.25, -0.2) is 0 Å². The fourth-order valence-electron chi connectivity index (χ4n) is 2.66. The van der Waals surface area contributed by atoms with E-state index in [1.807, 2.05) is 23.1 Å². The molecule has 0 aliphatic carbocycles. The van der Waals surface area contributed by atoms with Crippen molar-refractivity contribution < 1.29 is 4.79 Å². The largest absolute Gasteiger partial charge is 0.398 e. The predicted molar refractivity (Wildman–Crippen MR) is 85.9 cm³/mol. The number of anilines is 1. The Morgan fingerprint density at radius 3 is 2.95 bits per heavy atom. The molecule has 5 heteroatoms. The van der Waals surface area contributed by atoms with Gasteiger partial charge in [-0.1, -0.05) is 12.1 Å². The lowest BCUT2D eigenvalue weighted by Crippen LogP contribution is -2.30. The molecule has 2 aromatic rings. The van der Waals surface area contributed by atoms with E-state index < -0.39 is 0 Å². The van der Waals surface area contributed by atoms with E-state index in [1.165, 1.54) is 4.88 Å². The summed E-state index contributed by atoms with van der Waals surface area (Å²) in [5, 5.41) is 2.06. The first-order valence-electron chi connectivity index (χ1n) is 6.57. The summed E-state index contributed by atoms with van der Waals surface area (Å²) in [7, 11) is 0. The summed E-state index contributed by atoms with van der Waals surface area (Å²) in [4.78, 5) is 16.0. The van der Waals surface area contributed by atoms with E-state index >= 15 is 0 Å². The van der Waals surface area contributed by atoms with Crippen LogP contribution in [0.4, 0.5) is 5.69 Å². The molecule has 3 rings (SSSR count). The molecule has 1 saturated heterocycles. The molecule has 1 unspecified atom stereocenters. The fourth-order valence-corrected chi connectivity index (χ4v) is 3.96. The van der Waals surface area contributed by atoms with Crippen molar-refractivity contribution in [2.24, 2.45) is 0 Å². The number of likely N-dealkylation sites (tertiary alicyclic amines) is 1. The molecule has 0 spiro atoms. The highest BCUT2D eigenvalue weighted by Crippen LogP contribution is 2.36. The molecule has 0 saturated carbocycles. The summed E-state index contributed by atoms with van der Waals surface area (Å²) in [5.74, 6) is 0.0556. The molecule has 2 heterocycles. The summed E-state index contributed by atoms with van der Waals surface area (Å²) in [6, 6.07) is 9.79. The Balaban J connectivity index is 1.92. The molecule has 20 heavy (non-hydrogen) atoms. The van der Waals surface area contributed by atoms with Gasteiger partial charge in [0.25, 0.3) is 5.91 Å². The lowest BCUT2D eigenvalue weighted by Gasteiger charge is -2.24. The van der Waals surface area contributed by atoms with Crippen molar-refractivity contribution in [3.05, 3.63) is 50.6 Å². The number of hydrogen-bond acceptors (Lipinski definition) is 3. The van der Waals surface area contributed by atoms with Gasteiger partial charge in [-0.15, -0.1) is 11.3 Å². The van der Waals surface area contributed by atoms with Gasteiger partial charge >= 0.3 is 0 Å². The third-order valence-corrected chi connectivity index (χ3v) is 5.50. The van der Waals surface area contributed by atoms with Crippen LogP contribution in [0.5, 0.6) is 0 Å². The molecule has 3 nitrogen and oxygen atoms in total. The number of amides is 1. The van der Waals surface area contributed by atoms with Crippen LogP contribution in [0.15, 0.2) is 40.2 Å². The van der Waals surface area contributed by atoms with Crippen LogP contribution in [0.1, 0.15) is 34.1 Å². The number of nitrogens with zero attached hydrogens (tertiary/aromatic N) is 1. The van der Waals surface area contributed by atoms with Gasteiger partial charge in [0.15, 0.2) is 0 Å². The first-order valence-corrected chi connectivity index (χ1v) is 8.24. The van der Waals surface area contributed by atoms with Gasteiger partial charge in [0.2, 0.25) is 0 Å². The molecule has 2 N–H and O–H groups in total. The average Bonchev–Trinajstić information content (AvgIpc) is 3.10. The number of carbonyl (C=O) groups is 1. The van der Waals surface area contributed by atoms with Gasteiger partial charge in [0, 0.05) is 17.1 Å². The van der Waals surface area contributed by atoms with Gasteiger partial charge in [-0.3, -0.25) is 4.79 Å². The zero-order chi connectivity index (χ0) is 14.1. The first-order chi connectivity index (χ1) is 9.68. The number of nitrogen functional groups attached to an aromatic ring is 1. The minimum absolute atomic E-state index is 0.0556. The number of thiophene rings is 1. The molecule has 1 aliphatic rings. The van der Waals surface area contributed by atoms with Crippen LogP contribution in [0.2, 0.25) is 0 Å². The predicted octanol–water partition coefficient (Wildman–Crippen LogP) is 4.07. The van der Waals surface area contributed by atoms with Crippen molar-refractivity contribution >= 4 is 38.9 Å². The monoisotopic (exact) mass is 350 g/mol. The molecule has 1 aromatic heterocycles. The van der Waals surface area contributed by atoms with Crippen LogP contribution in [0.3, 0.4) is 0 Å². The van der Waals surface area contributed by atoms with E-state index in [-0.39, 0.29) is 11.9 Å². The van der Waals surface area contributed by atoms with Crippen LogP contribution in [0, 0.1) is 0 Å². The smallest absolute Gasteiger partial charge is 0.255 e. The fraction of sp³-hybridized carbons (Fsp3) is 0.267. The number of nitrogens with two attached hydrogens (primary N) is 1. The molecule has 1 fully saturated rings. The zero-order valence-electron chi connectivity index (χ0n) is 10.9. The van der Waals surface area contributed by atoms with Crippen LogP contribution >= 0.6 is 27.3 Å². The SMILES string of the molecule is Nc1cccc(C(=O)N2CCCC2c2cccs2)c1Br. The Bertz CT molecular complexity index is 627. The number of benzene rings is 1. The third kappa shape index (κ3) is 2.36. The quantitative estimate of drug-likeness (QED) is 0.829. The van der Waals surface area contributed by atoms with Gasteiger partial charge in [-0.2, -0.15) is 0 Å². The van der Waals surface area contributed by atoms with E-state index in [2.05, 4.69) is 27.4 Å². The van der Waals surface area contributed by atoms with Crippen LogP contribution in [-0.4, -0.2) is 17.4 Å². The molecule has 1 amide bonds. The minimum atomic E-state index is 0.0556.